The van der Waals surface area contributed by atoms with E-state index in [2.05, 4.69) is 43.4 Å². The van der Waals surface area contributed by atoms with Crippen molar-refractivity contribution in [2.24, 2.45) is 5.92 Å². The average Bonchev–Trinajstić information content (AvgIpc) is 2.23. The third-order valence-corrected chi connectivity index (χ3v) is 3.72. The van der Waals surface area contributed by atoms with Gasteiger partial charge in [-0.15, -0.1) is 0 Å². The highest BCUT2D eigenvalue weighted by Gasteiger charge is 2.22. The quantitative estimate of drug-likeness (QED) is 0.790. The summed E-state index contributed by atoms with van der Waals surface area (Å²) in [7, 11) is 0. The van der Waals surface area contributed by atoms with Gasteiger partial charge in [-0.25, -0.2) is 0 Å². The fourth-order valence-electron chi connectivity index (χ4n) is 2.44. The van der Waals surface area contributed by atoms with Crippen LogP contribution < -0.4 is 5.32 Å². The Morgan fingerprint density at radius 2 is 1.94 bits per heavy atom. The zero-order chi connectivity index (χ0) is 11.4. The number of hydrogen-bond acceptors (Lipinski definition) is 1. The van der Waals surface area contributed by atoms with Gasteiger partial charge in [0.2, 0.25) is 0 Å². The van der Waals surface area contributed by atoms with Crippen LogP contribution in [0.3, 0.4) is 0 Å². The highest BCUT2D eigenvalue weighted by molar-refractivity contribution is 5.24. The van der Waals surface area contributed by atoms with Gasteiger partial charge < -0.3 is 5.32 Å². The molecule has 1 fully saturated rings. The molecule has 0 heterocycles. The number of nitrogens with one attached hydrogen (secondary N) is 1. The van der Waals surface area contributed by atoms with Gasteiger partial charge >= 0.3 is 0 Å². The Labute approximate surface area is 99.3 Å². The summed E-state index contributed by atoms with van der Waals surface area (Å²) in [6.45, 7) is 5.41. The van der Waals surface area contributed by atoms with E-state index in [1.54, 1.807) is 0 Å². The molecule has 0 aliphatic heterocycles. The highest BCUT2D eigenvalue weighted by Crippen LogP contribution is 2.34. The minimum atomic E-state index is 0.566. The summed E-state index contributed by atoms with van der Waals surface area (Å²) in [5.74, 6) is 0.963. The molecule has 1 atom stereocenters. The van der Waals surface area contributed by atoms with E-state index in [4.69, 9.17) is 0 Å². The molecule has 1 unspecified atom stereocenters. The van der Waals surface area contributed by atoms with Crippen LogP contribution in [0, 0.1) is 12.8 Å². The second-order valence-corrected chi connectivity index (χ2v) is 5.05. The van der Waals surface area contributed by atoms with Crippen LogP contribution in [0.2, 0.25) is 0 Å². The number of aryl methyl sites for hydroxylation is 1. The van der Waals surface area contributed by atoms with Crippen molar-refractivity contribution in [3.63, 3.8) is 0 Å². The van der Waals surface area contributed by atoms with E-state index in [0.29, 0.717) is 6.04 Å². The predicted octanol–water partition coefficient (Wildman–Crippen LogP) is 3.84. The SMILES string of the molecule is CCNC(CC1CCC1)c1ccc(C)cc1. The third kappa shape index (κ3) is 2.85. The van der Waals surface area contributed by atoms with Crippen LogP contribution in [0.5, 0.6) is 0 Å². The summed E-state index contributed by atoms with van der Waals surface area (Å²) < 4.78 is 0. The molecule has 16 heavy (non-hydrogen) atoms. The Kier molecular flexibility index (Phi) is 4.00. The smallest absolute Gasteiger partial charge is 0.0322 e. The summed E-state index contributed by atoms with van der Waals surface area (Å²) >= 11 is 0. The molecule has 1 aromatic carbocycles. The van der Waals surface area contributed by atoms with Crippen molar-refractivity contribution in [3.8, 4) is 0 Å². The first kappa shape index (κ1) is 11.7. The molecule has 0 bridgehead atoms. The Hall–Kier alpha value is -0.820. The molecule has 88 valence electrons. The maximum Gasteiger partial charge on any atom is 0.0322 e. The Balaban J connectivity index is 2.01. The van der Waals surface area contributed by atoms with Gasteiger partial charge in [0.15, 0.2) is 0 Å². The van der Waals surface area contributed by atoms with Crippen molar-refractivity contribution in [1.29, 1.82) is 0 Å². The second-order valence-electron chi connectivity index (χ2n) is 5.05. The lowest BCUT2D eigenvalue weighted by Gasteiger charge is -2.30. The molecule has 1 aliphatic rings. The first-order chi connectivity index (χ1) is 7.79. The molecule has 1 saturated carbocycles. The standard InChI is InChI=1S/C15H23N/c1-3-16-15(11-13-5-4-6-13)14-9-7-12(2)8-10-14/h7-10,13,15-16H,3-6,11H2,1-2H3. The van der Waals surface area contributed by atoms with E-state index in [-0.39, 0.29) is 0 Å². The first-order valence-electron chi connectivity index (χ1n) is 6.59. The van der Waals surface area contributed by atoms with Gasteiger partial charge in [-0.05, 0) is 31.4 Å². The van der Waals surface area contributed by atoms with E-state index in [1.807, 2.05) is 0 Å². The number of hydrogen-bond donors (Lipinski definition) is 1. The lowest BCUT2D eigenvalue weighted by Crippen LogP contribution is -2.25. The molecule has 0 amide bonds. The second kappa shape index (κ2) is 5.49. The van der Waals surface area contributed by atoms with Gasteiger partial charge in [0, 0.05) is 6.04 Å². The van der Waals surface area contributed by atoms with Crippen molar-refractivity contribution in [3.05, 3.63) is 35.4 Å². The molecule has 0 aromatic heterocycles. The van der Waals surface area contributed by atoms with E-state index >= 15 is 0 Å². The summed E-state index contributed by atoms with van der Waals surface area (Å²) in [5, 5.41) is 3.62. The molecule has 0 saturated heterocycles. The Morgan fingerprint density at radius 3 is 2.44 bits per heavy atom. The van der Waals surface area contributed by atoms with E-state index in [1.165, 1.54) is 36.8 Å². The van der Waals surface area contributed by atoms with Crippen LogP contribution in [0.1, 0.15) is 49.8 Å². The third-order valence-electron chi connectivity index (χ3n) is 3.72. The van der Waals surface area contributed by atoms with Gasteiger partial charge in [0.05, 0.1) is 0 Å². The van der Waals surface area contributed by atoms with Crippen LogP contribution in [-0.4, -0.2) is 6.54 Å². The van der Waals surface area contributed by atoms with Gasteiger partial charge in [0.1, 0.15) is 0 Å². The molecule has 2 rings (SSSR count). The number of benzene rings is 1. The fraction of sp³-hybridized carbons (Fsp3) is 0.600. The molecular weight excluding hydrogens is 194 g/mol. The van der Waals surface area contributed by atoms with Crippen molar-refractivity contribution >= 4 is 0 Å². The molecule has 1 aliphatic carbocycles. The van der Waals surface area contributed by atoms with Crippen molar-refractivity contribution in [2.75, 3.05) is 6.54 Å². The van der Waals surface area contributed by atoms with Crippen LogP contribution in [-0.2, 0) is 0 Å². The van der Waals surface area contributed by atoms with Crippen LogP contribution in [0.15, 0.2) is 24.3 Å². The summed E-state index contributed by atoms with van der Waals surface area (Å²) in [4.78, 5) is 0. The summed E-state index contributed by atoms with van der Waals surface area (Å²) in [6.07, 6.45) is 5.63. The Morgan fingerprint density at radius 1 is 1.25 bits per heavy atom. The maximum absolute atomic E-state index is 3.62. The van der Waals surface area contributed by atoms with Gasteiger partial charge in [-0.1, -0.05) is 56.0 Å². The minimum Gasteiger partial charge on any atom is -0.310 e. The lowest BCUT2D eigenvalue weighted by atomic mass is 9.79. The zero-order valence-electron chi connectivity index (χ0n) is 10.5. The molecule has 1 nitrogen and oxygen atoms in total. The fourth-order valence-corrected chi connectivity index (χ4v) is 2.44. The van der Waals surface area contributed by atoms with E-state index < -0.39 is 0 Å². The molecule has 1 aromatic rings. The van der Waals surface area contributed by atoms with Crippen LogP contribution in [0.25, 0.3) is 0 Å². The Bertz CT molecular complexity index is 311. The molecular formula is C15H23N. The average molecular weight is 217 g/mol. The molecule has 0 spiro atoms. The lowest BCUT2D eigenvalue weighted by molar-refractivity contribution is 0.262. The van der Waals surface area contributed by atoms with Crippen LogP contribution in [0.4, 0.5) is 0 Å². The first-order valence-corrected chi connectivity index (χ1v) is 6.59. The molecule has 0 radical (unpaired) electrons. The van der Waals surface area contributed by atoms with Crippen molar-refractivity contribution in [1.82, 2.24) is 5.32 Å². The van der Waals surface area contributed by atoms with Crippen molar-refractivity contribution in [2.45, 2.75) is 45.6 Å². The summed E-state index contributed by atoms with van der Waals surface area (Å²) in [5.41, 5.74) is 2.81. The topological polar surface area (TPSA) is 12.0 Å². The summed E-state index contributed by atoms with van der Waals surface area (Å²) in [6, 6.07) is 9.57. The van der Waals surface area contributed by atoms with Gasteiger partial charge in [0.25, 0.3) is 0 Å². The van der Waals surface area contributed by atoms with E-state index in [0.717, 1.165) is 12.5 Å². The normalized spacial score (nSPS) is 18.1. The minimum absolute atomic E-state index is 0.566. The monoisotopic (exact) mass is 217 g/mol. The van der Waals surface area contributed by atoms with Gasteiger partial charge in [-0.2, -0.15) is 0 Å². The maximum atomic E-state index is 3.62. The van der Waals surface area contributed by atoms with Crippen LogP contribution >= 0.6 is 0 Å². The van der Waals surface area contributed by atoms with Crippen molar-refractivity contribution < 1.29 is 0 Å². The highest BCUT2D eigenvalue weighted by atomic mass is 14.9. The zero-order valence-corrected chi connectivity index (χ0v) is 10.5. The van der Waals surface area contributed by atoms with E-state index in [9.17, 15) is 0 Å². The number of rotatable bonds is 5. The predicted molar refractivity (Wildman–Crippen MR) is 69.6 cm³/mol. The molecule has 1 heteroatoms. The van der Waals surface area contributed by atoms with Gasteiger partial charge in [-0.3, -0.25) is 0 Å². The largest absolute Gasteiger partial charge is 0.310 e. The molecule has 1 N–H and O–H groups in total.